The number of ether oxygens (including phenoxy) is 1. The third kappa shape index (κ3) is 1.77. The molecule has 1 aliphatic carbocycles. The molecule has 3 heteroatoms. The van der Waals surface area contributed by atoms with Crippen LogP contribution in [-0.4, -0.2) is 18.9 Å². The van der Waals surface area contributed by atoms with E-state index < -0.39 is 0 Å². The lowest BCUT2D eigenvalue weighted by Gasteiger charge is -2.24. The van der Waals surface area contributed by atoms with Gasteiger partial charge in [-0.25, -0.2) is 4.79 Å². The highest BCUT2D eigenvalue weighted by Gasteiger charge is 2.29. The normalized spacial score (nSPS) is 19.5. The Morgan fingerprint density at radius 3 is 2.40 bits per heavy atom. The Balaban J connectivity index is 2.17. The van der Waals surface area contributed by atoms with E-state index in [0.29, 0.717) is 17.8 Å². The van der Waals surface area contributed by atoms with E-state index in [4.69, 9.17) is 0 Å². The van der Waals surface area contributed by atoms with Crippen molar-refractivity contribution < 1.29 is 14.3 Å². The number of esters is 1. The summed E-state index contributed by atoms with van der Waals surface area (Å²) < 4.78 is 4.59. The van der Waals surface area contributed by atoms with Crippen LogP contribution in [0.4, 0.5) is 0 Å². The second kappa shape index (κ2) is 3.85. The van der Waals surface area contributed by atoms with Crippen molar-refractivity contribution in [2.45, 2.75) is 18.8 Å². The van der Waals surface area contributed by atoms with Gasteiger partial charge < -0.3 is 4.74 Å². The minimum Gasteiger partial charge on any atom is -0.465 e. The molecule has 0 aliphatic heterocycles. The number of ketones is 1. The Morgan fingerprint density at radius 2 is 2.00 bits per heavy atom. The molecule has 1 unspecified atom stereocenters. The lowest BCUT2D eigenvalue weighted by Crippen LogP contribution is -2.23. The van der Waals surface area contributed by atoms with Crippen molar-refractivity contribution in [1.82, 2.24) is 0 Å². The van der Waals surface area contributed by atoms with E-state index in [2.05, 4.69) is 4.74 Å². The van der Waals surface area contributed by atoms with Crippen LogP contribution in [0.15, 0.2) is 24.3 Å². The van der Waals surface area contributed by atoms with Gasteiger partial charge in [0.25, 0.3) is 0 Å². The highest BCUT2D eigenvalue weighted by molar-refractivity contribution is 5.92. The summed E-state index contributed by atoms with van der Waals surface area (Å²) in [5, 5.41) is 0. The summed E-state index contributed by atoms with van der Waals surface area (Å²) in [4.78, 5) is 22.4. The third-order valence-electron chi connectivity index (χ3n) is 2.80. The number of carbonyl (C=O) groups excluding carboxylic acids is 2. The standard InChI is InChI=1S/C12H12O3/c1-15-12(14)9-4-2-8(3-5-9)10-6-7-11(10)13/h2-5,10H,6-7H2,1H3. The molecule has 1 aromatic rings. The number of methoxy groups -OCH3 is 1. The lowest BCUT2D eigenvalue weighted by molar-refractivity contribution is -0.125. The Kier molecular flexibility index (Phi) is 2.54. The molecule has 0 heterocycles. The van der Waals surface area contributed by atoms with Gasteiger partial charge in [0.05, 0.1) is 12.7 Å². The molecule has 0 N–H and O–H groups in total. The SMILES string of the molecule is COC(=O)c1ccc(C2CCC2=O)cc1. The first-order valence-electron chi connectivity index (χ1n) is 4.93. The summed E-state index contributed by atoms with van der Waals surface area (Å²) in [5.74, 6) is -0.000925. The maximum Gasteiger partial charge on any atom is 0.337 e. The summed E-state index contributed by atoms with van der Waals surface area (Å²) in [6.07, 6.45) is 1.61. The van der Waals surface area contributed by atoms with Crippen LogP contribution in [-0.2, 0) is 9.53 Å². The molecule has 0 spiro atoms. The first-order valence-corrected chi connectivity index (χ1v) is 4.93. The minimum absolute atomic E-state index is 0.0525. The van der Waals surface area contributed by atoms with E-state index in [1.807, 2.05) is 12.1 Å². The molecule has 15 heavy (non-hydrogen) atoms. The lowest BCUT2D eigenvalue weighted by atomic mass is 9.78. The van der Waals surface area contributed by atoms with E-state index in [1.165, 1.54) is 7.11 Å². The first-order chi connectivity index (χ1) is 7.22. The van der Waals surface area contributed by atoms with Crippen LogP contribution in [0.3, 0.4) is 0 Å². The smallest absolute Gasteiger partial charge is 0.337 e. The fourth-order valence-electron chi connectivity index (χ4n) is 1.73. The first kappa shape index (κ1) is 9.90. The molecular formula is C12H12O3. The van der Waals surface area contributed by atoms with Gasteiger partial charge in [-0.3, -0.25) is 4.79 Å². The van der Waals surface area contributed by atoms with Crippen LogP contribution in [0.2, 0.25) is 0 Å². The maximum atomic E-state index is 11.2. The largest absolute Gasteiger partial charge is 0.465 e. The zero-order valence-electron chi connectivity index (χ0n) is 8.53. The summed E-state index contributed by atoms with van der Waals surface area (Å²) in [7, 11) is 1.35. The Hall–Kier alpha value is -1.64. The predicted octanol–water partition coefficient (Wildman–Crippen LogP) is 1.92. The third-order valence-corrected chi connectivity index (χ3v) is 2.80. The average Bonchev–Trinajstić information content (AvgIpc) is 2.27. The molecule has 0 bridgehead atoms. The van der Waals surface area contributed by atoms with Gasteiger partial charge in [-0.1, -0.05) is 12.1 Å². The van der Waals surface area contributed by atoms with Crippen LogP contribution in [0.5, 0.6) is 0 Å². The van der Waals surface area contributed by atoms with Gasteiger partial charge in [0, 0.05) is 12.3 Å². The van der Waals surface area contributed by atoms with Crippen molar-refractivity contribution in [3.63, 3.8) is 0 Å². The van der Waals surface area contributed by atoms with Gasteiger partial charge in [0.15, 0.2) is 0 Å². The summed E-state index contributed by atoms with van der Waals surface area (Å²) in [6, 6.07) is 7.06. The number of Topliss-reactive ketones (excluding diaryl/α,β-unsaturated/α-hetero) is 1. The molecule has 0 amide bonds. The number of hydrogen-bond acceptors (Lipinski definition) is 3. The molecule has 2 rings (SSSR count). The summed E-state index contributed by atoms with van der Waals surface area (Å²) in [5.41, 5.74) is 1.52. The molecule has 1 fully saturated rings. The van der Waals surface area contributed by atoms with Crippen molar-refractivity contribution in [2.75, 3.05) is 7.11 Å². The van der Waals surface area contributed by atoms with Crippen molar-refractivity contribution in [3.05, 3.63) is 35.4 Å². The van der Waals surface area contributed by atoms with E-state index in [1.54, 1.807) is 12.1 Å². The van der Waals surface area contributed by atoms with Gasteiger partial charge in [-0.2, -0.15) is 0 Å². The van der Waals surface area contributed by atoms with Crippen LogP contribution < -0.4 is 0 Å². The van der Waals surface area contributed by atoms with Crippen molar-refractivity contribution >= 4 is 11.8 Å². The Labute approximate surface area is 88.1 Å². The molecule has 1 atom stereocenters. The van der Waals surface area contributed by atoms with Crippen LogP contribution >= 0.6 is 0 Å². The Morgan fingerprint density at radius 1 is 1.33 bits per heavy atom. The van der Waals surface area contributed by atoms with Crippen molar-refractivity contribution in [2.24, 2.45) is 0 Å². The van der Waals surface area contributed by atoms with Gasteiger partial charge in [-0.15, -0.1) is 0 Å². The number of rotatable bonds is 2. The van der Waals surface area contributed by atoms with Gasteiger partial charge in [0.1, 0.15) is 5.78 Å². The van der Waals surface area contributed by atoms with Crippen LogP contribution in [0, 0.1) is 0 Å². The molecule has 0 aromatic heterocycles. The van der Waals surface area contributed by atoms with Crippen molar-refractivity contribution in [3.8, 4) is 0 Å². The highest BCUT2D eigenvalue weighted by Crippen LogP contribution is 2.32. The topological polar surface area (TPSA) is 43.4 Å². The van der Waals surface area contributed by atoms with E-state index in [-0.39, 0.29) is 11.9 Å². The molecule has 78 valence electrons. The highest BCUT2D eigenvalue weighted by atomic mass is 16.5. The number of carbonyl (C=O) groups is 2. The van der Waals surface area contributed by atoms with Gasteiger partial charge in [0.2, 0.25) is 0 Å². The van der Waals surface area contributed by atoms with E-state index in [9.17, 15) is 9.59 Å². The zero-order valence-corrected chi connectivity index (χ0v) is 8.53. The van der Waals surface area contributed by atoms with Gasteiger partial charge in [-0.05, 0) is 24.1 Å². The van der Waals surface area contributed by atoms with Crippen LogP contribution in [0.25, 0.3) is 0 Å². The maximum absolute atomic E-state index is 11.2. The monoisotopic (exact) mass is 204 g/mol. The average molecular weight is 204 g/mol. The van der Waals surface area contributed by atoms with Crippen LogP contribution in [0.1, 0.15) is 34.7 Å². The minimum atomic E-state index is -0.346. The molecular weight excluding hydrogens is 192 g/mol. The molecule has 0 saturated heterocycles. The van der Waals surface area contributed by atoms with E-state index in [0.717, 1.165) is 12.0 Å². The summed E-state index contributed by atoms with van der Waals surface area (Å²) >= 11 is 0. The summed E-state index contributed by atoms with van der Waals surface area (Å²) in [6.45, 7) is 0. The molecule has 3 nitrogen and oxygen atoms in total. The molecule has 0 radical (unpaired) electrons. The molecule has 1 saturated carbocycles. The quantitative estimate of drug-likeness (QED) is 0.691. The van der Waals surface area contributed by atoms with Crippen molar-refractivity contribution in [1.29, 1.82) is 0 Å². The predicted molar refractivity (Wildman–Crippen MR) is 54.8 cm³/mol. The second-order valence-corrected chi connectivity index (χ2v) is 3.67. The molecule has 1 aromatic carbocycles. The Bertz CT molecular complexity index is 392. The van der Waals surface area contributed by atoms with Gasteiger partial charge >= 0.3 is 5.97 Å². The fourth-order valence-corrected chi connectivity index (χ4v) is 1.73. The van der Waals surface area contributed by atoms with E-state index >= 15 is 0 Å². The number of benzene rings is 1. The second-order valence-electron chi connectivity index (χ2n) is 3.67. The zero-order chi connectivity index (χ0) is 10.8. The molecule has 1 aliphatic rings. The fraction of sp³-hybridized carbons (Fsp3) is 0.333. The number of hydrogen-bond donors (Lipinski definition) is 0.